The minimum absolute atomic E-state index is 0.0496. The average molecular weight is 412 g/mol. The topological polar surface area (TPSA) is 65.2 Å². The normalized spacial score (nSPS) is 14.7. The zero-order valence-corrected chi connectivity index (χ0v) is 17.7. The number of piperazine rings is 1. The van der Waals surface area contributed by atoms with Gasteiger partial charge in [0.1, 0.15) is 5.82 Å². The van der Waals surface area contributed by atoms with E-state index in [1.165, 1.54) is 12.1 Å². The molecule has 0 radical (unpaired) electrons. The summed E-state index contributed by atoms with van der Waals surface area (Å²) >= 11 is 0. The lowest BCUT2D eigenvalue weighted by atomic mass is 10.1. The van der Waals surface area contributed by atoms with Crippen LogP contribution in [0.2, 0.25) is 0 Å². The van der Waals surface area contributed by atoms with Gasteiger partial charge in [0.15, 0.2) is 5.96 Å². The van der Waals surface area contributed by atoms with Gasteiger partial charge in [-0.1, -0.05) is 12.1 Å². The highest BCUT2D eigenvalue weighted by molar-refractivity contribution is 5.94. The minimum atomic E-state index is -0.223. The third-order valence-corrected chi connectivity index (χ3v) is 5.47. The molecule has 3 rings (SSSR count). The fourth-order valence-corrected chi connectivity index (χ4v) is 3.56. The number of rotatable bonds is 6. The number of hydrogen-bond donors (Lipinski definition) is 1. The lowest BCUT2D eigenvalue weighted by molar-refractivity contribution is 0.0773. The predicted octanol–water partition coefficient (Wildman–Crippen LogP) is 2.94. The molecule has 2 aromatic carbocycles. The van der Waals surface area contributed by atoms with Crippen molar-refractivity contribution in [3.05, 3.63) is 65.5 Å². The van der Waals surface area contributed by atoms with E-state index in [9.17, 15) is 9.18 Å². The number of hydrogen-bond acceptors (Lipinski definition) is 3. The van der Waals surface area contributed by atoms with E-state index in [0.29, 0.717) is 31.2 Å². The number of amides is 1. The fourth-order valence-electron chi connectivity index (χ4n) is 3.56. The zero-order valence-electron chi connectivity index (χ0n) is 17.7. The molecule has 1 heterocycles. The Morgan fingerprint density at radius 1 is 1.00 bits per heavy atom. The summed E-state index contributed by atoms with van der Waals surface area (Å²) in [6.45, 7) is 8.99. The smallest absolute Gasteiger partial charge is 0.253 e. The van der Waals surface area contributed by atoms with Crippen LogP contribution in [0.5, 0.6) is 0 Å². The lowest BCUT2D eigenvalue weighted by Crippen LogP contribution is -2.51. The van der Waals surface area contributed by atoms with Gasteiger partial charge in [0.2, 0.25) is 0 Å². The summed E-state index contributed by atoms with van der Waals surface area (Å²) in [5, 5.41) is 0. The van der Waals surface area contributed by atoms with E-state index in [4.69, 9.17) is 5.73 Å². The summed E-state index contributed by atoms with van der Waals surface area (Å²) in [6, 6.07) is 14.1. The second-order valence-corrected chi connectivity index (χ2v) is 7.30. The van der Waals surface area contributed by atoms with Crippen molar-refractivity contribution in [1.29, 1.82) is 0 Å². The van der Waals surface area contributed by atoms with Crippen LogP contribution >= 0.6 is 0 Å². The van der Waals surface area contributed by atoms with Crippen LogP contribution in [0.25, 0.3) is 0 Å². The Labute approximate surface area is 177 Å². The number of aliphatic imine (C=N–C) groups is 1. The fraction of sp³-hybridized carbons (Fsp3) is 0.391. The van der Waals surface area contributed by atoms with Crippen LogP contribution in [0.4, 0.5) is 10.1 Å². The first-order valence-corrected chi connectivity index (χ1v) is 10.5. The molecule has 0 saturated carbocycles. The highest BCUT2D eigenvalue weighted by Crippen LogP contribution is 2.17. The number of nitrogens with two attached hydrogens (primary N) is 1. The van der Waals surface area contributed by atoms with Gasteiger partial charge in [-0.15, -0.1) is 0 Å². The second kappa shape index (κ2) is 10.1. The number of carbonyl (C=O) groups excluding carboxylic acids is 1. The van der Waals surface area contributed by atoms with Crippen LogP contribution < -0.4 is 10.6 Å². The summed E-state index contributed by atoms with van der Waals surface area (Å²) in [5.74, 6) is 0.352. The number of carbonyl (C=O) groups is 1. The van der Waals surface area contributed by atoms with Crippen LogP contribution in [0, 0.1) is 5.82 Å². The molecule has 0 aromatic heterocycles. The van der Waals surface area contributed by atoms with Gasteiger partial charge in [0.25, 0.3) is 5.91 Å². The van der Waals surface area contributed by atoms with Crippen LogP contribution in [0.1, 0.15) is 29.8 Å². The first-order chi connectivity index (χ1) is 14.5. The molecule has 1 aliphatic rings. The summed E-state index contributed by atoms with van der Waals surface area (Å²) < 4.78 is 13.1. The molecule has 2 aromatic rings. The molecule has 0 spiro atoms. The van der Waals surface area contributed by atoms with Crippen LogP contribution in [0.3, 0.4) is 0 Å². The van der Waals surface area contributed by atoms with Gasteiger partial charge >= 0.3 is 0 Å². The van der Waals surface area contributed by atoms with Gasteiger partial charge in [-0.05, 0) is 55.8 Å². The van der Waals surface area contributed by atoms with E-state index >= 15 is 0 Å². The maximum Gasteiger partial charge on any atom is 0.253 e. The molecule has 30 heavy (non-hydrogen) atoms. The molecule has 160 valence electrons. The van der Waals surface area contributed by atoms with E-state index in [2.05, 4.69) is 14.8 Å². The molecule has 2 N–H and O–H groups in total. The van der Waals surface area contributed by atoms with Crippen molar-refractivity contribution in [3.63, 3.8) is 0 Å². The summed E-state index contributed by atoms with van der Waals surface area (Å²) in [4.78, 5) is 23.0. The van der Waals surface area contributed by atoms with Crippen molar-refractivity contribution in [2.24, 2.45) is 10.7 Å². The van der Waals surface area contributed by atoms with Gasteiger partial charge in [0, 0.05) is 50.5 Å². The molecular weight excluding hydrogens is 381 g/mol. The van der Waals surface area contributed by atoms with Gasteiger partial charge in [-0.25, -0.2) is 9.38 Å². The van der Waals surface area contributed by atoms with Crippen molar-refractivity contribution in [3.8, 4) is 0 Å². The molecule has 0 atom stereocenters. The first kappa shape index (κ1) is 21.6. The molecule has 7 heteroatoms. The number of halogens is 1. The number of anilines is 1. The van der Waals surface area contributed by atoms with Crippen molar-refractivity contribution in [1.82, 2.24) is 9.80 Å². The Hall–Kier alpha value is -3.09. The van der Waals surface area contributed by atoms with E-state index in [1.807, 2.05) is 38.1 Å². The molecule has 1 amide bonds. The van der Waals surface area contributed by atoms with Crippen molar-refractivity contribution >= 4 is 17.6 Å². The highest BCUT2D eigenvalue weighted by atomic mass is 19.1. The molecule has 6 nitrogen and oxygen atoms in total. The van der Waals surface area contributed by atoms with Gasteiger partial charge in [0.05, 0.1) is 6.54 Å². The standard InChI is InChI=1S/C23H30FN5O/c1-3-27(4-2)22(30)19-7-5-18(6-8-19)17-26-23(25)29-15-13-28(14-16-29)21-11-9-20(24)10-12-21/h5-12H,3-4,13-17H2,1-2H3,(H2,25,26). The van der Waals surface area contributed by atoms with Crippen molar-refractivity contribution in [2.45, 2.75) is 20.4 Å². The average Bonchev–Trinajstić information content (AvgIpc) is 2.79. The highest BCUT2D eigenvalue weighted by Gasteiger charge is 2.18. The van der Waals surface area contributed by atoms with Gasteiger partial charge in [-0.2, -0.15) is 0 Å². The molecule has 0 unspecified atom stereocenters. The largest absolute Gasteiger partial charge is 0.370 e. The zero-order chi connectivity index (χ0) is 21.5. The summed E-state index contributed by atoms with van der Waals surface area (Å²) in [5.41, 5.74) is 8.92. The van der Waals surface area contributed by atoms with Crippen LogP contribution in [-0.2, 0) is 6.54 Å². The Morgan fingerprint density at radius 3 is 2.17 bits per heavy atom. The number of benzene rings is 2. The minimum Gasteiger partial charge on any atom is -0.370 e. The number of guanidine groups is 1. The Kier molecular flexibility index (Phi) is 7.27. The Morgan fingerprint density at radius 2 is 1.60 bits per heavy atom. The SMILES string of the molecule is CCN(CC)C(=O)c1ccc(CN=C(N)N2CCN(c3ccc(F)cc3)CC2)cc1. The molecule has 1 aliphatic heterocycles. The van der Waals surface area contributed by atoms with Crippen molar-refractivity contribution in [2.75, 3.05) is 44.2 Å². The quantitative estimate of drug-likeness (QED) is 0.586. The van der Waals surface area contributed by atoms with Gasteiger partial charge in [-0.3, -0.25) is 4.79 Å². The predicted molar refractivity (Wildman–Crippen MR) is 119 cm³/mol. The van der Waals surface area contributed by atoms with E-state index in [1.54, 1.807) is 17.0 Å². The third-order valence-electron chi connectivity index (χ3n) is 5.47. The summed E-state index contributed by atoms with van der Waals surface area (Å²) in [6.07, 6.45) is 0. The summed E-state index contributed by atoms with van der Waals surface area (Å²) in [7, 11) is 0. The molecular formula is C23H30FN5O. The first-order valence-electron chi connectivity index (χ1n) is 10.5. The lowest BCUT2D eigenvalue weighted by Gasteiger charge is -2.36. The van der Waals surface area contributed by atoms with Crippen LogP contribution in [-0.4, -0.2) is 60.9 Å². The Bertz CT molecular complexity index is 854. The second-order valence-electron chi connectivity index (χ2n) is 7.30. The maximum atomic E-state index is 13.1. The Balaban J connectivity index is 1.53. The number of nitrogens with zero attached hydrogens (tertiary/aromatic N) is 4. The molecule has 0 bridgehead atoms. The van der Waals surface area contributed by atoms with Crippen molar-refractivity contribution < 1.29 is 9.18 Å². The van der Waals surface area contributed by atoms with E-state index in [0.717, 1.165) is 37.4 Å². The van der Waals surface area contributed by atoms with E-state index in [-0.39, 0.29) is 11.7 Å². The molecule has 1 saturated heterocycles. The third kappa shape index (κ3) is 5.28. The van der Waals surface area contributed by atoms with Crippen LogP contribution in [0.15, 0.2) is 53.5 Å². The maximum absolute atomic E-state index is 13.1. The monoisotopic (exact) mass is 411 g/mol. The molecule has 0 aliphatic carbocycles. The van der Waals surface area contributed by atoms with E-state index < -0.39 is 0 Å². The molecule has 1 fully saturated rings. The van der Waals surface area contributed by atoms with Gasteiger partial charge < -0.3 is 20.4 Å².